The van der Waals surface area contributed by atoms with Gasteiger partial charge >= 0.3 is 0 Å². The molecule has 0 aliphatic carbocycles. The minimum Gasteiger partial charge on any atom is -0.493 e. The molecule has 6 heteroatoms. The van der Waals surface area contributed by atoms with Crippen molar-refractivity contribution in [3.63, 3.8) is 0 Å². The van der Waals surface area contributed by atoms with Crippen LogP contribution in [0.4, 0.5) is 0 Å². The molecular weight excluding hydrogens is 300 g/mol. The Morgan fingerprint density at radius 3 is 3.09 bits per heavy atom. The summed E-state index contributed by atoms with van der Waals surface area (Å²) in [4.78, 5) is 2.68. The lowest BCUT2D eigenvalue weighted by Gasteiger charge is -2.30. The van der Waals surface area contributed by atoms with E-state index < -0.39 is 10.0 Å². The summed E-state index contributed by atoms with van der Waals surface area (Å²) in [5.41, 5.74) is 0.979. The van der Waals surface area contributed by atoms with Gasteiger partial charge in [-0.2, -0.15) is 0 Å². The van der Waals surface area contributed by atoms with Gasteiger partial charge in [-0.1, -0.05) is 6.92 Å². The molecule has 1 aromatic carbocycles. The molecular formula is C16H24N2O3S. The monoisotopic (exact) mass is 324 g/mol. The molecule has 5 nitrogen and oxygen atoms in total. The van der Waals surface area contributed by atoms with Crippen molar-refractivity contribution in [2.75, 3.05) is 32.8 Å². The Balaban J connectivity index is 1.57. The molecule has 2 aliphatic rings. The first-order chi connectivity index (χ1) is 10.5. The van der Waals surface area contributed by atoms with Crippen LogP contribution in [-0.4, -0.2) is 46.1 Å². The van der Waals surface area contributed by atoms with E-state index in [2.05, 4.69) is 16.5 Å². The lowest BCUT2D eigenvalue weighted by molar-refractivity contribution is 0.187. The number of nitrogens with zero attached hydrogens (tertiary/aromatic N) is 1. The van der Waals surface area contributed by atoms with Crippen molar-refractivity contribution in [3.05, 3.63) is 23.8 Å². The number of sulfonamides is 1. The SMILES string of the molecule is C[C@H]1CCCN(CCNS(=O)(=O)c2ccc3c(c2)CCO3)C1. The number of nitrogens with one attached hydrogen (secondary N) is 1. The molecule has 1 N–H and O–H groups in total. The van der Waals surface area contributed by atoms with E-state index in [1.807, 2.05) is 0 Å². The predicted octanol–water partition coefficient (Wildman–Crippen LogP) is 1.63. The lowest BCUT2D eigenvalue weighted by Crippen LogP contribution is -2.40. The number of piperidine rings is 1. The van der Waals surface area contributed by atoms with E-state index in [1.165, 1.54) is 12.8 Å². The predicted molar refractivity (Wildman–Crippen MR) is 85.7 cm³/mol. The van der Waals surface area contributed by atoms with Gasteiger partial charge in [0.1, 0.15) is 5.75 Å². The molecule has 1 aromatic rings. The molecule has 122 valence electrons. The summed E-state index contributed by atoms with van der Waals surface area (Å²) in [6.45, 7) is 6.27. The number of benzene rings is 1. The maximum absolute atomic E-state index is 12.4. The first-order valence-electron chi connectivity index (χ1n) is 8.02. The number of fused-ring (bicyclic) bond motifs is 1. The molecule has 0 amide bonds. The second kappa shape index (κ2) is 6.56. The number of hydrogen-bond donors (Lipinski definition) is 1. The first kappa shape index (κ1) is 15.8. The fraction of sp³-hybridized carbons (Fsp3) is 0.625. The summed E-state index contributed by atoms with van der Waals surface area (Å²) >= 11 is 0. The van der Waals surface area contributed by atoms with Crippen molar-refractivity contribution >= 4 is 10.0 Å². The van der Waals surface area contributed by atoms with Crippen molar-refractivity contribution < 1.29 is 13.2 Å². The average molecular weight is 324 g/mol. The molecule has 1 fully saturated rings. The van der Waals surface area contributed by atoms with Gasteiger partial charge in [-0.3, -0.25) is 0 Å². The second-order valence-electron chi connectivity index (χ2n) is 6.31. The van der Waals surface area contributed by atoms with E-state index in [0.29, 0.717) is 24.0 Å². The van der Waals surface area contributed by atoms with Gasteiger partial charge in [0.2, 0.25) is 10.0 Å². The quantitative estimate of drug-likeness (QED) is 0.894. The Morgan fingerprint density at radius 1 is 1.41 bits per heavy atom. The van der Waals surface area contributed by atoms with Gasteiger partial charge in [0.05, 0.1) is 11.5 Å². The molecule has 22 heavy (non-hydrogen) atoms. The highest BCUT2D eigenvalue weighted by Crippen LogP contribution is 2.27. The van der Waals surface area contributed by atoms with Gasteiger partial charge in [-0.05, 0) is 49.1 Å². The van der Waals surface area contributed by atoms with E-state index in [1.54, 1.807) is 18.2 Å². The maximum Gasteiger partial charge on any atom is 0.240 e. The topological polar surface area (TPSA) is 58.6 Å². The summed E-state index contributed by atoms with van der Waals surface area (Å²) in [5, 5.41) is 0. The number of ether oxygens (including phenoxy) is 1. The van der Waals surface area contributed by atoms with Crippen LogP contribution < -0.4 is 9.46 Å². The van der Waals surface area contributed by atoms with Crippen LogP contribution in [0.5, 0.6) is 5.75 Å². The summed E-state index contributed by atoms with van der Waals surface area (Å²) in [7, 11) is -3.43. The standard InChI is InChI=1S/C16H24N2O3S/c1-13-3-2-8-18(12-13)9-7-17-22(19,20)15-4-5-16-14(11-15)6-10-21-16/h4-5,11,13,17H,2-3,6-10,12H2,1H3/t13-/m0/s1. The van der Waals surface area contributed by atoms with Gasteiger partial charge in [0.25, 0.3) is 0 Å². The number of rotatable bonds is 5. The van der Waals surface area contributed by atoms with Crippen LogP contribution >= 0.6 is 0 Å². The third-order valence-electron chi connectivity index (χ3n) is 4.43. The highest BCUT2D eigenvalue weighted by atomic mass is 32.2. The molecule has 0 unspecified atom stereocenters. The van der Waals surface area contributed by atoms with Crippen molar-refractivity contribution in [1.29, 1.82) is 0 Å². The second-order valence-corrected chi connectivity index (χ2v) is 8.08. The Labute approximate surface area is 132 Å². The van der Waals surface area contributed by atoms with Gasteiger partial charge in [-0.15, -0.1) is 0 Å². The minimum atomic E-state index is -3.43. The Kier molecular flexibility index (Phi) is 4.70. The number of likely N-dealkylation sites (tertiary alicyclic amines) is 1. The summed E-state index contributed by atoms with van der Waals surface area (Å²) in [6, 6.07) is 5.10. The van der Waals surface area contributed by atoms with Crippen molar-refractivity contribution in [2.45, 2.75) is 31.1 Å². The molecule has 0 aromatic heterocycles. The van der Waals surface area contributed by atoms with Gasteiger partial charge in [0.15, 0.2) is 0 Å². The zero-order valence-corrected chi connectivity index (χ0v) is 13.9. The van der Waals surface area contributed by atoms with E-state index in [0.717, 1.165) is 37.4 Å². The molecule has 0 bridgehead atoms. The zero-order valence-electron chi connectivity index (χ0n) is 13.0. The maximum atomic E-state index is 12.4. The number of hydrogen-bond acceptors (Lipinski definition) is 4. The van der Waals surface area contributed by atoms with Gasteiger partial charge < -0.3 is 9.64 Å². The van der Waals surface area contributed by atoms with Gasteiger partial charge in [0, 0.05) is 26.1 Å². The van der Waals surface area contributed by atoms with Crippen molar-refractivity contribution in [1.82, 2.24) is 9.62 Å². The third kappa shape index (κ3) is 3.62. The fourth-order valence-electron chi connectivity index (χ4n) is 3.24. The fourth-order valence-corrected chi connectivity index (χ4v) is 4.31. The molecule has 3 rings (SSSR count). The van der Waals surface area contributed by atoms with Crippen molar-refractivity contribution in [2.24, 2.45) is 5.92 Å². The first-order valence-corrected chi connectivity index (χ1v) is 9.51. The average Bonchev–Trinajstić information content (AvgIpc) is 2.94. The van der Waals surface area contributed by atoms with Crippen LogP contribution in [0.25, 0.3) is 0 Å². The largest absolute Gasteiger partial charge is 0.493 e. The Bertz CT molecular complexity index is 630. The molecule has 0 spiro atoms. The van der Waals surface area contributed by atoms with E-state index in [4.69, 9.17) is 4.74 Å². The van der Waals surface area contributed by atoms with Crippen LogP contribution in [0, 0.1) is 5.92 Å². The molecule has 1 atom stereocenters. The highest BCUT2D eigenvalue weighted by molar-refractivity contribution is 7.89. The van der Waals surface area contributed by atoms with E-state index in [-0.39, 0.29) is 0 Å². The highest BCUT2D eigenvalue weighted by Gasteiger charge is 2.20. The Morgan fingerprint density at radius 2 is 2.27 bits per heavy atom. The molecule has 1 saturated heterocycles. The van der Waals surface area contributed by atoms with Crippen LogP contribution in [0.1, 0.15) is 25.3 Å². The van der Waals surface area contributed by atoms with Crippen molar-refractivity contribution in [3.8, 4) is 5.75 Å². The molecule has 0 radical (unpaired) electrons. The summed E-state index contributed by atoms with van der Waals surface area (Å²) in [6.07, 6.45) is 3.27. The third-order valence-corrected chi connectivity index (χ3v) is 5.89. The Hall–Kier alpha value is -1.11. The summed E-state index contributed by atoms with van der Waals surface area (Å²) < 4.78 is 32.9. The zero-order chi connectivity index (χ0) is 15.6. The summed E-state index contributed by atoms with van der Waals surface area (Å²) in [5.74, 6) is 1.52. The molecule has 2 aliphatic heterocycles. The van der Waals surface area contributed by atoms with E-state index >= 15 is 0 Å². The van der Waals surface area contributed by atoms with Crippen LogP contribution in [0.3, 0.4) is 0 Å². The normalized spacial score (nSPS) is 22.3. The minimum absolute atomic E-state index is 0.337. The smallest absolute Gasteiger partial charge is 0.240 e. The van der Waals surface area contributed by atoms with Crippen LogP contribution in [-0.2, 0) is 16.4 Å². The molecule has 0 saturated carbocycles. The lowest BCUT2D eigenvalue weighted by atomic mass is 10.0. The van der Waals surface area contributed by atoms with E-state index in [9.17, 15) is 8.42 Å². The van der Waals surface area contributed by atoms with Crippen LogP contribution in [0.15, 0.2) is 23.1 Å². The molecule has 2 heterocycles. The van der Waals surface area contributed by atoms with Crippen LogP contribution in [0.2, 0.25) is 0 Å². The van der Waals surface area contributed by atoms with Gasteiger partial charge in [-0.25, -0.2) is 13.1 Å².